The molecular weight excluding hydrogens is 226 g/mol. The van der Waals surface area contributed by atoms with Crippen LogP contribution in [0.15, 0.2) is 24.3 Å². The normalized spacial score (nSPS) is 10.6. The highest BCUT2D eigenvalue weighted by Crippen LogP contribution is 2.12. The Morgan fingerprint density at radius 1 is 1.28 bits per heavy atom. The smallest absolute Gasteiger partial charge is 0.154 e. The van der Waals surface area contributed by atoms with E-state index in [1.807, 2.05) is 18.2 Å². The van der Waals surface area contributed by atoms with Crippen molar-refractivity contribution in [2.24, 2.45) is 0 Å². The monoisotopic (exact) mass is 245 g/mol. The van der Waals surface area contributed by atoms with Crippen molar-refractivity contribution in [3.05, 3.63) is 41.5 Å². The Hall–Kier alpha value is -1.84. The standard InChI is InChI=1S/C14H19N3O/c1-3-5-13-15-14(17-16-13)8-9-18-12-7-4-6-11(2)10-12/h4,6-7,10H,3,5,8-9H2,1-2H3,(H,15,16,17). The largest absolute Gasteiger partial charge is 0.493 e. The second-order valence-corrected chi connectivity index (χ2v) is 4.36. The fourth-order valence-electron chi connectivity index (χ4n) is 1.76. The Balaban J connectivity index is 1.81. The number of rotatable bonds is 6. The van der Waals surface area contributed by atoms with Crippen LogP contribution in [0.3, 0.4) is 0 Å². The molecule has 0 aliphatic carbocycles. The number of nitrogens with one attached hydrogen (secondary N) is 1. The third-order valence-corrected chi connectivity index (χ3v) is 2.65. The molecule has 1 aromatic heterocycles. The van der Waals surface area contributed by atoms with Crippen molar-refractivity contribution in [3.63, 3.8) is 0 Å². The van der Waals surface area contributed by atoms with E-state index in [0.29, 0.717) is 6.61 Å². The minimum Gasteiger partial charge on any atom is -0.493 e. The summed E-state index contributed by atoms with van der Waals surface area (Å²) in [7, 11) is 0. The maximum absolute atomic E-state index is 5.67. The Labute approximate surface area is 107 Å². The van der Waals surface area contributed by atoms with E-state index in [9.17, 15) is 0 Å². The lowest BCUT2D eigenvalue weighted by atomic mass is 10.2. The van der Waals surface area contributed by atoms with Crippen molar-refractivity contribution >= 4 is 0 Å². The number of H-pyrrole nitrogens is 1. The van der Waals surface area contributed by atoms with Gasteiger partial charge in [0.15, 0.2) is 5.82 Å². The van der Waals surface area contributed by atoms with Gasteiger partial charge in [-0.2, -0.15) is 5.10 Å². The van der Waals surface area contributed by atoms with Crippen LogP contribution in [0.25, 0.3) is 0 Å². The van der Waals surface area contributed by atoms with Crippen LogP contribution in [0.5, 0.6) is 5.75 Å². The summed E-state index contributed by atoms with van der Waals surface area (Å²) in [5.41, 5.74) is 1.20. The average Bonchev–Trinajstić information content (AvgIpc) is 2.78. The lowest BCUT2D eigenvalue weighted by Crippen LogP contribution is -2.03. The molecule has 1 N–H and O–H groups in total. The number of hydrogen-bond acceptors (Lipinski definition) is 3. The Kier molecular flexibility index (Phi) is 4.34. The number of aryl methyl sites for hydroxylation is 2. The van der Waals surface area contributed by atoms with E-state index in [4.69, 9.17) is 4.74 Å². The highest BCUT2D eigenvalue weighted by atomic mass is 16.5. The predicted octanol–water partition coefficient (Wildman–Crippen LogP) is 2.69. The molecule has 0 saturated heterocycles. The summed E-state index contributed by atoms with van der Waals surface area (Å²) in [6.45, 7) is 4.79. The van der Waals surface area contributed by atoms with Crippen LogP contribution in [0.2, 0.25) is 0 Å². The van der Waals surface area contributed by atoms with Crippen molar-refractivity contribution in [1.29, 1.82) is 0 Å². The second kappa shape index (κ2) is 6.19. The molecule has 1 aromatic carbocycles. The minimum atomic E-state index is 0.604. The molecule has 2 aromatic rings. The third kappa shape index (κ3) is 3.58. The molecule has 4 nitrogen and oxygen atoms in total. The first-order chi connectivity index (χ1) is 8.78. The summed E-state index contributed by atoms with van der Waals surface area (Å²) in [4.78, 5) is 4.40. The molecule has 0 spiro atoms. The Bertz CT molecular complexity index is 493. The molecule has 18 heavy (non-hydrogen) atoms. The van der Waals surface area contributed by atoms with Gasteiger partial charge in [-0.3, -0.25) is 5.10 Å². The molecule has 0 amide bonds. The van der Waals surface area contributed by atoms with E-state index >= 15 is 0 Å². The van der Waals surface area contributed by atoms with Gasteiger partial charge in [-0.05, 0) is 31.0 Å². The molecule has 0 unspecified atom stereocenters. The summed E-state index contributed by atoms with van der Waals surface area (Å²) in [5.74, 6) is 2.69. The van der Waals surface area contributed by atoms with Crippen LogP contribution in [-0.4, -0.2) is 21.8 Å². The number of ether oxygens (including phenoxy) is 1. The van der Waals surface area contributed by atoms with Crippen molar-refractivity contribution in [3.8, 4) is 5.75 Å². The molecule has 0 fully saturated rings. The van der Waals surface area contributed by atoms with Crippen LogP contribution in [-0.2, 0) is 12.8 Å². The second-order valence-electron chi connectivity index (χ2n) is 4.36. The minimum absolute atomic E-state index is 0.604. The van der Waals surface area contributed by atoms with E-state index in [1.165, 1.54) is 5.56 Å². The summed E-state index contributed by atoms with van der Waals surface area (Å²) in [6, 6.07) is 8.05. The highest BCUT2D eigenvalue weighted by molar-refractivity contribution is 5.27. The molecule has 0 aliphatic heterocycles. The molecule has 2 rings (SSSR count). The zero-order valence-corrected chi connectivity index (χ0v) is 10.9. The van der Waals surface area contributed by atoms with Gasteiger partial charge in [-0.15, -0.1) is 0 Å². The quantitative estimate of drug-likeness (QED) is 0.851. The van der Waals surface area contributed by atoms with Crippen molar-refractivity contribution in [2.45, 2.75) is 33.1 Å². The van der Waals surface area contributed by atoms with Crippen molar-refractivity contribution < 1.29 is 4.74 Å². The van der Waals surface area contributed by atoms with Crippen molar-refractivity contribution in [1.82, 2.24) is 15.2 Å². The van der Waals surface area contributed by atoms with E-state index in [-0.39, 0.29) is 0 Å². The van der Waals surface area contributed by atoms with E-state index in [0.717, 1.165) is 36.7 Å². The van der Waals surface area contributed by atoms with Gasteiger partial charge in [-0.1, -0.05) is 19.1 Å². The van der Waals surface area contributed by atoms with Gasteiger partial charge in [0.05, 0.1) is 6.61 Å². The van der Waals surface area contributed by atoms with Gasteiger partial charge in [0.25, 0.3) is 0 Å². The van der Waals surface area contributed by atoms with Crippen LogP contribution < -0.4 is 4.74 Å². The zero-order chi connectivity index (χ0) is 12.8. The van der Waals surface area contributed by atoms with Crippen LogP contribution >= 0.6 is 0 Å². The van der Waals surface area contributed by atoms with E-state index in [1.54, 1.807) is 0 Å². The number of nitrogens with zero attached hydrogens (tertiary/aromatic N) is 2. The Morgan fingerprint density at radius 3 is 2.94 bits per heavy atom. The molecule has 0 atom stereocenters. The number of hydrogen-bond donors (Lipinski definition) is 1. The number of aromatic nitrogens is 3. The summed E-state index contributed by atoms with van der Waals surface area (Å²) >= 11 is 0. The molecule has 96 valence electrons. The molecule has 0 aliphatic rings. The van der Waals surface area contributed by atoms with Gasteiger partial charge < -0.3 is 4.74 Å². The third-order valence-electron chi connectivity index (χ3n) is 2.65. The molecule has 4 heteroatoms. The van der Waals surface area contributed by atoms with Crippen LogP contribution in [0, 0.1) is 6.92 Å². The summed E-state index contributed by atoms with van der Waals surface area (Å²) < 4.78 is 5.67. The molecule has 0 bridgehead atoms. The average molecular weight is 245 g/mol. The number of aromatic amines is 1. The maximum Gasteiger partial charge on any atom is 0.154 e. The number of benzene rings is 1. The van der Waals surface area contributed by atoms with E-state index < -0.39 is 0 Å². The SMILES string of the molecule is CCCc1nc(CCOc2cccc(C)c2)n[nH]1. The van der Waals surface area contributed by atoms with Crippen LogP contribution in [0.1, 0.15) is 30.6 Å². The van der Waals surface area contributed by atoms with Gasteiger partial charge in [-0.25, -0.2) is 4.98 Å². The highest BCUT2D eigenvalue weighted by Gasteiger charge is 2.02. The predicted molar refractivity (Wildman–Crippen MR) is 70.8 cm³/mol. The summed E-state index contributed by atoms with van der Waals surface area (Å²) in [6.07, 6.45) is 2.76. The lowest BCUT2D eigenvalue weighted by Gasteiger charge is -2.04. The molecular formula is C14H19N3O. The lowest BCUT2D eigenvalue weighted by molar-refractivity contribution is 0.319. The van der Waals surface area contributed by atoms with Gasteiger partial charge in [0, 0.05) is 12.8 Å². The van der Waals surface area contributed by atoms with Gasteiger partial charge in [0.1, 0.15) is 11.6 Å². The van der Waals surface area contributed by atoms with Crippen LogP contribution in [0.4, 0.5) is 0 Å². The maximum atomic E-state index is 5.67. The Morgan fingerprint density at radius 2 is 2.17 bits per heavy atom. The molecule has 1 heterocycles. The fraction of sp³-hybridized carbons (Fsp3) is 0.429. The topological polar surface area (TPSA) is 50.8 Å². The first-order valence-electron chi connectivity index (χ1n) is 6.37. The molecule has 0 saturated carbocycles. The molecule has 0 radical (unpaired) electrons. The van der Waals surface area contributed by atoms with Gasteiger partial charge >= 0.3 is 0 Å². The first-order valence-corrected chi connectivity index (χ1v) is 6.37. The van der Waals surface area contributed by atoms with Gasteiger partial charge in [0.2, 0.25) is 0 Å². The zero-order valence-electron chi connectivity index (χ0n) is 10.9. The van der Waals surface area contributed by atoms with E-state index in [2.05, 4.69) is 35.1 Å². The first kappa shape index (κ1) is 12.6. The fourth-order valence-corrected chi connectivity index (χ4v) is 1.76. The van der Waals surface area contributed by atoms with Crippen molar-refractivity contribution in [2.75, 3.05) is 6.61 Å². The summed E-state index contributed by atoms with van der Waals surface area (Å²) in [5, 5.41) is 7.12.